The number of ether oxygens (including phenoxy) is 1. The predicted molar refractivity (Wildman–Crippen MR) is 77.9 cm³/mol. The summed E-state index contributed by atoms with van der Waals surface area (Å²) in [5, 5.41) is 3.10. The lowest BCUT2D eigenvalue weighted by atomic mass is 10.2. The number of rotatable bonds is 7. The number of nitrogens with one attached hydrogen (secondary N) is 1. The minimum absolute atomic E-state index is 0.0224. The molecule has 102 valence electrons. The van der Waals surface area contributed by atoms with Crippen molar-refractivity contribution in [3.8, 4) is 0 Å². The molecule has 1 N–H and O–H groups in total. The van der Waals surface area contributed by atoms with Crippen LogP contribution in [0.2, 0.25) is 0 Å². The van der Waals surface area contributed by atoms with Crippen LogP contribution in [0.1, 0.15) is 50.7 Å². The van der Waals surface area contributed by atoms with Crippen molar-refractivity contribution in [1.82, 2.24) is 9.97 Å². The van der Waals surface area contributed by atoms with Crippen molar-refractivity contribution in [2.45, 2.75) is 45.6 Å². The lowest BCUT2D eigenvalue weighted by Gasteiger charge is -2.16. The molecule has 0 aliphatic carbocycles. The van der Waals surface area contributed by atoms with Crippen LogP contribution in [0, 0.1) is 0 Å². The van der Waals surface area contributed by atoms with Crippen LogP contribution in [0.5, 0.6) is 0 Å². The Hall–Kier alpha value is -0.680. The van der Waals surface area contributed by atoms with Gasteiger partial charge in [0.05, 0.1) is 10.2 Å². The largest absolute Gasteiger partial charge is 0.373 e. The highest BCUT2D eigenvalue weighted by Gasteiger charge is 2.17. The van der Waals surface area contributed by atoms with Crippen molar-refractivity contribution >= 4 is 21.7 Å². The fraction of sp³-hybridized carbons (Fsp3) is 0.692. The van der Waals surface area contributed by atoms with Gasteiger partial charge in [0.1, 0.15) is 11.9 Å². The first-order valence-electron chi connectivity index (χ1n) is 6.44. The third kappa shape index (κ3) is 3.65. The summed E-state index contributed by atoms with van der Waals surface area (Å²) >= 11 is 3.56. The molecule has 0 amide bonds. The standard InChI is InChI=1S/C13H22BrN3O/c1-5-7-9-11(14)13(15-3)17-12(16-9)10(18-4)8-6-2/h10H,5-8H2,1-4H3,(H,15,16,17). The van der Waals surface area contributed by atoms with Crippen molar-refractivity contribution in [2.75, 3.05) is 19.5 Å². The third-order valence-electron chi connectivity index (χ3n) is 2.78. The Morgan fingerprint density at radius 2 is 2.00 bits per heavy atom. The average molecular weight is 316 g/mol. The molecule has 1 aromatic rings. The Morgan fingerprint density at radius 1 is 1.28 bits per heavy atom. The topological polar surface area (TPSA) is 47.0 Å². The van der Waals surface area contributed by atoms with Gasteiger partial charge in [-0.3, -0.25) is 0 Å². The minimum Gasteiger partial charge on any atom is -0.373 e. The van der Waals surface area contributed by atoms with Crippen LogP contribution < -0.4 is 5.32 Å². The fourth-order valence-electron chi connectivity index (χ4n) is 1.84. The van der Waals surface area contributed by atoms with E-state index in [0.29, 0.717) is 0 Å². The Labute approximate surface area is 118 Å². The molecular weight excluding hydrogens is 294 g/mol. The highest BCUT2D eigenvalue weighted by Crippen LogP contribution is 2.28. The van der Waals surface area contributed by atoms with E-state index < -0.39 is 0 Å². The Kier molecular flexibility index (Phi) is 6.57. The van der Waals surface area contributed by atoms with Gasteiger partial charge in [-0.15, -0.1) is 0 Å². The van der Waals surface area contributed by atoms with E-state index in [0.717, 1.165) is 47.5 Å². The average Bonchev–Trinajstić information content (AvgIpc) is 2.38. The van der Waals surface area contributed by atoms with Gasteiger partial charge in [0.15, 0.2) is 5.82 Å². The van der Waals surface area contributed by atoms with Crippen LogP contribution in [0.3, 0.4) is 0 Å². The van der Waals surface area contributed by atoms with Crippen molar-refractivity contribution in [1.29, 1.82) is 0 Å². The van der Waals surface area contributed by atoms with Crippen molar-refractivity contribution < 1.29 is 4.74 Å². The van der Waals surface area contributed by atoms with E-state index in [1.807, 2.05) is 7.05 Å². The van der Waals surface area contributed by atoms with Gasteiger partial charge in [0.25, 0.3) is 0 Å². The number of aryl methyl sites for hydroxylation is 1. The monoisotopic (exact) mass is 315 g/mol. The predicted octanol–water partition coefficient (Wildman–Crippen LogP) is 3.72. The zero-order chi connectivity index (χ0) is 13.5. The molecule has 1 aromatic heterocycles. The van der Waals surface area contributed by atoms with Crippen molar-refractivity contribution in [3.63, 3.8) is 0 Å². The zero-order valence-corrected chi connectivity index (χ0v) is 13.2. The molecule has 0 aliphatic rings. The Balaban J connectivity index is 3.14. The van der Waals surface area contributed by atoms with Crippen LogP contribution in [0.25, 0.3) is 0 Å². The molecule has 0 radical (unpaired) electrons. The SMILES string of the molecule is CCCc1nc(C(CCC)OC)nc(NC)c1Br. The van der Waals surface area contributed by atoms with Crippen LogP contribution >= 0.6 is 15.9 Å². The van der Waals surface area contributed by atoms with E-state index >= 15 is 0 Å². The molecule has 0 bridgehead atoms. The second kappa shape index (κ2) is 7.69. The molecule has 0 aromatic carbocycles. The highest BCUT2D eigenvalue weighted by molar-refractivity contribution is 9.10. The van der Waals surface area contributed by atoms with Crippen LogP contribution in [-0.4, -0.2) is 24.1 Å². The first kappa shape index (κ1) is 15.4. The second-order valence-electron chi connectivity index (χ2n) is 4.20. The number of halogens is 1. The van der Waals surface area contributed by atoms with E-state index in [4.69, 9.17) is 4.74 Å². The minimum atomic E-state index is -0.0224. The zero-order valence-electron chi connectivity index (χ0n) is 11.6. The molecule has 18 heavy (non-hydrogen) atoms. The van der Waals surface area contributed by atoms with Gasteiger partial charge in [-0.2, -0.15) is 0 Å². The normalized spacial score (nSPS) is 12.5. The van der Waals surface area contributed by atoms with E-state index in [9.17, 15) is 0 Å². The van der Waals surface area contributed by atoms with E-state index in [-0.39, 0.29) is 6.10 Å². The fourth-order valence-corrected chi connectivity index (χ4v) is 2.41. The first-order valence-corrected chi connectivity index (χ1v) is 7.24. The van der Waals surface area contributed by atoms with Gasteiger partial charge in [-0.25, -0.2) is 9.97 Å². The Morgan fingerprint density at radius 3 is 2.50 bits per heavy atom. The number of aromatic nitrogens is 2. The highest BCUT2D eigenvalue weighted by atomic mass is 79.9. The van der Waals surface area contributed by atoms with E-state index in [1.54, 1.807) is 7.11 Å². The third-order valence-corrected chi connectivity index (χ3v) is 3.62. The molecule has 4 nitrogen and oxygen atoms in total. The summed E-state index contributed by atoms with van der Waals surface area (Å²) in [6, 6.07) is 0. The van der Waals surface area contributed by atoms with Gasteiger partial charge in [0, 0.05) is 14.2 Å². The lowest BCUT2D eigenvalue weighted by molar-refractivity contribution is 0.0875. The van der Waals surface area contributed by atoms with Crippen LogP contribution in [-0.2, 0) is 11.2 Å². The molecule has 1 unspecified atom stereocenters. The summed E-state index contributed by atoms with van der Waals surface area (Å²) in [5.74, 6) is 1.61. The summed E-state index contributed by atoms with van der Waals surface area (Å²) in [5.41, 5.74) is 1.05. The number of hydrogen-bond donors (Lipinski definition) is 1. The molecular formula is C13H22BrN3O. The molecule has 1 heterocycles. The molecule has 0 fully saturated rings. The van der Waals surface area contributed by atoms with Crippen molar-refractivity contribution in [2.24, 2.45) is 0 Å². The summed E-state index contributed by atoms with van der Waals surface area (Å²) < 4.78 is 6.44. The molecule has 0 aliphatic heterocycles. The van der Waals surface area contributed by atoms with E-state index in [1.165, 1.54) is 0 Å². The smallest absolute Gasteiger partial charge is 0.159 e. The van der Waals surface area contributed by atoms with Crippen LogP contribution in [0.15, 0.2) is 4.47 Å². The first-order chi connectivity index (χ1) is 8.67. The lowest BCUT2D eigenvalue weighted by Crippen LogP contribution is -2.11. The number of hydrogen-bond acceptors (Lipinski definition) is 4. The maximum Gasteiger partial charge on any atom is 0.159 e. The maximum atomic E-state index is 5.48. The molecule has 0 saturated heterocycles. The number of methoxy groups -OCH3 is 1. The van der Waals surface area contributed by atoms with Crippen LogP contribution in [0.4, 0.5) is 5.82 Å². The number of nitrogens with zero attached hydrogens (tertiary/aromatic N) is 2. The van der Waals surface area contributed by atoms with Gasteiger partial charge < -0.3 is 10.1 Å². The quantitative estimate of drug-likeness (QED) is 0.833. The molecule has 0 spiro atoms. The van der Waals surface area contributed by atoms with Gasteiger partial charge in [-0.1, -0.05) is 26.7 Å². The summed E-state index contributed by atoms with van der Waals surface area (Å²) in [7, 11) is 3.58. The number of anilines is 1. The summed E-state index contributed by atoms with van der Waals surface area (Å²) in [6.45, 7) is 4.28. The van der Waals surface area contributed by atoms with Gasteiger partial charge in [0.2, 0.25) is 0 Å². The second-order valence-corrected chi connectivity index (χ2v) is 5.00. The maximum absolute atomic E-state index is 5.48. The molecule has 1 atom stereocenters. The Bertz CT molecular complexity index is 385. The summed E-state index contributed by atoms with van der Waals surface area (Å²) in [6.07, 6.45) is 3.96. The van der Waals surface area contributed by atoms with E-state index in [2.05, 4.69) is 45.1 Å². The summed E-state index contributed by atoms with van der Waals surface area (Å²) in [4.78, 5) is 9.17. The van der Waals surface area contributed by atoms with Crippen molar-refractivity contribution in [3.05, 3.63) is 16.0 Å². The van der Waals surface area contributed by atoms with Gasteiger partial charge >= 0.3 is 0 Å². The molecule has 0 saturated carbocycles. The van der Waals surface area contributed by atoms with Gasteiger partial charge in [-0.05, 0) is 28.8 Å². The molecule has 5 heteroatoms. The molecule has 1 rings (SSSR count).